The molecule has 8 aromatic carbocycles. The highest BCUT2D eigenvalue weighted by Crippen LogP contribution is 2.57. The molecule has 0 heterocycles. The van der Waals surface area contributed by atoms with Gasteiger partial charge in [-0.2, -0.15) is 0 Å². The Morgan fingerprint density at radius 3 is 1.48 bits per heavy atom. The first-order chi connectivity index (χ1) is 27.0. The first-order valence-electron chi connectivity index (χ1n) is 20.1. The lowest BCUT2D eigenvalue weighted by atomic mass is 9.67. The van der Waals surface area contributed by atoms with E-state index in [4.69, 9.17) is 0 Å². The van der Waals surface area contributed by atoms with Gasteiger partial charge in [0.2, 0.25) is 0 Å². The number of hydrogen-bond acceptors (Lipinski definition) is 1. The van der Waals surface area contributed by atoms with Gasteiger partial charge in [0.05, 0.1) is 5.69 Å². The predicted molar refractivity (Wildman–Crippen MR) is 237 cm³/mol. The normalized spacial score (nSPS) is 15.8. The molecule has 0 fully saturated rings. The van der Waals surface area contributed by atoms with Crippen LogP contribution in [0.4, 0.5) is 17.1 Å². The monoisotopic (exact) mass is 719 g/mol. The van der Waals surface area contributed by atoms with Gasteiger partial charge in [-0.1, -0.05) is 169 Å². The molecule has 11 rings (SSSR count). The Kier molecular flexibility index (Phi) is 6.77. The Bertz CT molecular complexity index is 2830. The van der Waals surface area contributed by atoms with Crippen molar-refractivity contribution >= 4 is 27.8 Å². The van der Waals surface area contributed by atoms with Crippen molar-refractivity contribution in [3.8, 4) is 44.5 Å². The lowest BCUT2D eigenvalue weighted by Crippen LogP contribution is -2.25. The molecular weight excluding hydrogens is 675 g/mol. The molecule has 0 aromatic heterocycles. The van der Waals surface area contributed by atoms with Crippen molar-refractivity contribution in [1.82, 2.24) is 0 Å². The van der Waals surface area contributed by atoms with Crippen molar-refractivity contribution in [2.75, 3.05) is 4.90 Å². The highest BCUT2D eigenvalue weighted by atomic mass is 15.1. The van der Waals surface area contributed by atoms with Crippen LogP contribution in [0.25, 0.3) is 55.3 Å². The van der Waals surface area contributed by atoms with Gasteiger partial charge in [0.25, 0.3) is 0 Å². The summed E-state index contributed by atoms with van der Waals surface area (Å²) in [7, 11) is 0. The highest BCUT2D eigenvalue weighted by Gasteiger charge is 2.40. The number of nitrogens with zero attached hydrogens (tertiary/aromatic N) is 1. The SMILES string of the molecule is CC1(C)c2ccccc2-c2ccc(N(c3ccc4c(c3)C(C)(C)c3ccccc3-4)c3ccc4cccc5c4c3-c3cc(-c4ccccc4)ccc3C5(C)C)cc21. The molecule has 1 nitrogen and oxygen atoms in total. The molecule has 0 amide bonds. The Labute approximate surface area is 330 Å². The summed E-state index contributed by atoms with van der Waals surface area (Å²) >= 11 is 0. The molecule has 0 aliphatic heterocycles. The van der Waals surface area contributed by atoms with E-state index in [0.29, 0.717) is 0 Å². The standard InChI is InChI=1S/C55H45N/c1-53(2)46-29-23-36(34-15-8-7-9-16-34)31-43(46)52-50(30-24-35-17-14-22-47(53)51(35)52)56(37-25-27-41-39-18-10-12-20-44(39)54(3,4)48(41)32-37)38-26-28-42-40-19-11-13-21-45(40)55(5,6)49(42)33-38/h7-33H,1-6H3. The predicted octanol–water partition coefficient (Wildman–Crippen LogP) is 14.9. The molecule has 56 heavy (non-hydrogen) atoms. The Balaban J connectivity index is 1.22. The topological polar surface area (TPSA) is 3.24 Å². The lowest BCUT2D eigenvalue weighted by Gasteiger charge is -2.38. The summed E-state index contributed by atoms with van der Waals surface area (Å²) in [6.45, 7) is 14.3. The van der Waals surface area contributed by atoms with E-state index >= 15 is 0 Å². The summed E-state index contributed by atoms with van der Waals surface area (Å²) in [5.41, 5.74) is 21.9. The van der Waals surface area contributed by atoms with Gasteiger partial charge in [0.15, 0.2) is 0 Å². The van der Waals surface area contributed by atoms with Crippen LogP contribution in [0.1, 0.15) is 74.9 Å². The first kappa shape index (κ1) is 33.2. The second kappa shape index (κ2) is 11.4. The molecule has 0 bridgehead atoms. The minimum atomic E-state index is -0.173. The number of benzene rings is 8. The van der Waals surface area contributed by atoms with Crippen LogP contribution < -0.4 is 4.90 Å². The van der Waals surface area contributed by atoms with Gasteiger partial charge in [0, 0.05) is 33.2 Å². The van der Waals surface area contributed by atoms with E-state index in [1.54, 1.807) is 0 Å². The fourth-order valence-corrected chi connectivity index (χ4v) is 10.7. The van der Waals surface area contributed by atoms with Crippen LogP contribution in [0.2, 0.25) is 0 Å². The van der Waals surface area contributed by atoms with Gasteiger partial charge in [-0.25, -0.2) is 0 Å². The number of hydrogen-bond donors (Lipinski definition) is 0. The van der Waals surface area contributed by atoms with Crippen LogP contribution in [0.15, 0.2) is 164 Å². The van der Waals surface area contributed by atoms with Crippen molar-refractivity contribution in [1.29, 1.82) is 0 Å². The van der Waals surface area contributed by atoms with Crippen molar-refractivity contribution in [2.45, 2.75) is 57.8 Å². The molecule has 0 spiro atoms. The molecule has 270 valence electrons. The molecule has 1 heteroatoms. The summed E-state index contributed by atoms with van der Waals surface area (Å²) in [5.74, 6) is 0. The third-order valence-electron chi connectivity index (χ3n) is 13.7. The summed E-state index contributed by atoms with van der Waals surface area (Å²) < 4.78 is 0. The second-order valence-corrected chi connectivity index (χ2v) is 17.8. The summed E-state index contributed by atoms with van der Waals surface area (Å²) in [6.07, 6.45) is 0. The fourth-order valence-electron chi connectivity index (χ4n) is 10.7. The molecule has 3 aliphatic rings. The number of fused-ring (bicyclic) bond motifs is 8. The van der Waals surface area contributed by atoms with Crippen LogP contribution in [-0.2, 0) is 16.2 Å². The van der Waals surface area contributed by atoms with E-state index in [1.165, 1.54) is 106 Å². The number of rotatable bonds is 4. The Hall–Kier alpha value is -6.18. The van der Waals surface area contributed by atoms with E-state index in [1.807, 2.05) is 0 Å². The molecule has 8 aromatic rings. The average Bonchev–Trinajstić information content (AvgIpc) is 3.59. The summed E-state index contributed by atoms with van der Waals surface area (Å²) in [6, 6.07) is 62.0. The lowest BCUT2D eigenvalue weighted by molar-refractivity contribution is 0.645. The van der Waals surface area contributed by atoms with Crippen LogP contribution in [0.5, 0.6) is 0 Å². The van der Waals surface area contributed by atoms with Gasteiger partial charge in [-0.05, 0) is 119 Å². The Morgan fingerprint density at radius 2 is 0.857 bits per heavy atom. The molecule has 0 atom stereocenters. The minimum Gasteiger partial charge on any atom is -0.310 e. The average molecular weight is 720 g/mol. The molecule has 0 saturated heterocycles. The van der Waals surface area contributed by atoms with Crippen molar-refractivity contribution in [3.63, 3.8) is 0 Å². The van der Waals surface area contributed by atoms with E-state index in [-0.39, 0.29) is 16.2 Å². The summed E-state index contributed by atoms with van der Waals surface area (Å²) in [5, 5.41) is 2.63. The van der Waals surface area contributed by atoms with Gasteiger partial charge in [-0.15, -0.1) is 0 Å². The maximum atomic E-state index is 2.57. The highest BCUT2D eigenvalue weighted by molar-refractivity contribution is 6.10. The van der Waals surface area contributed by atoms with E-state index in [2.05, 4.69) is 210 Å². The van der Waals surface area contributed by atoms with Gasteiger partial charge in [-0.3, -0.25) is 0 Å². The largest absolute Gasteiger partial charge is 0.310 e. The Morgan fingerprint density at radius 1 is 0.339 bits per heavy atom. The third-order valence-corrected chi connectivity index (χ3v) is 13.7. The van der Waals surface area contributed by atoms with Gasteiger partial charge in [0.1, 0.15) is 0 Å². The molecule has 0 N–H and O–H groups in total. The summed E-state index contributed by atoms with van der Waals surface area (Å²) in [4.78, 5) is 2.57. The zero-order valence-electron chi connectivity index (χ0n) is 33.0. The first-order valence-corrected chi connectivity index (χ1v) is 20.1. The third kappa shape index (κ3) is 4.43. The van der Waals surface area contributed by atoms with Gasteiger partial charge < -0.3 is 4.90 Å². The molecular formula is C55H45N. The van der Waals surface area contributed by atoms with Crippen LogP contribution in [0.3, 0.4) is 0 Å². The van der Waals surface area contributed by atoms with E-state index in [9.17, 15) is 0 Å². The molecule has 3 aliphatic carbocycles. The maximum absolute atomic E-state index is 2.57. The quantitative estimate of drug-likeness (QED) is 0.175. The van der Waals surface area contributed by atoms with E-state index < -0.39 is 0 Å². The van der Waals surface area contributed by atoms with E-state index in [0.717, 1.165) is 0 Å². The number of anilines is 3. The van der Waals surface area contributed by atoms with Crippen LogP contribution in [-0.4, -0.2) is 0 Å². The smallest absolute Gasteiger partial charge is 0.0546 e. The molecule has 0 unspecified atom stereocenters. The molecule has 0 radical (unpaired) electrons. The van der Waals surface area contributed by atoms with Crippen molar-refractivity contribution in [3.05, 3.63) is 197 Å². The fraction of sp³-hybridized carbons (Fsp3) is 0.164. The molecule has 0 saturated carbocycles. The maximum Gasteiger partial charge on any atom is 0.0546 e. The van der Waals surface area contributed by atoms with Crippen molar-refractivity contribution < 1.29 is 0 Å². The minimum absolute atomic E-state index is 0.124. The zero-order chi connectivity index (χ0) is 38.1. The van der Waals surface area contributed by atoms with Crippen LogP contribution >= 0.6 is 0 Å². The van der Waals surface area contributed by atoms with Gasteiger partial charge >= 0.3 is 0 Å². The zero-order valence-corrected chi connectivity index (χ0v) is 33.0. The van der Waals surface area contributed by atoms with Crippen LogP contribution in [0, 0.1) is 0 Å². The van der Waals surface area contributed by atoms with Crippen molar-refractivity contribution in [2.24, 2.45) is 0 Å². The second-order valence-electron chi connectivity index (χ2n) is 17.8.